The Bertz CT molecular complexity index is 696. The van der Waals surface area contributed by atoms with Crippen molar-refractivity contribution in [1.82, 2.24) is 0 Å². The zero-order valence-corrected chi connectivity index (χ0v) is 12.4. The van der Waals surface area contributed by atoms with Gasteiger partial charge in [-0.15, -0.1) is 0 Å². The maximum absolute atomic E-state index is 12.4. The molecule has 2 aromatic rings. The third-order valence-corrected chi connectivity index (χ3v) is 3.46. The Morgan fingerprint density at radius 1 is 1.10 bits per heavy atom. The zero-order chi connectivity index (χ0) is 15.4. The molecule has 0 heterocycles. The average Bonchev–Trinajstić information content (AvgIpc) is 2.50. The lowest BCUT2D eigenvalue weighted by Crippen LogP contribution is -2.24. The Balaban J connectivity index is 2.11. The molecule has 0 aliphatic rings. The Hall–Kier alpha value is -2.60. The third-order valence-electron chi connectivity index (χ3n) is 3.46. The fourth-order valence-corrected chi connectivity index (χ4v) is 2.00. The van der Waals surface area contributed by atoms with E-state index in [1.165, 1.54) is 0 Å². The highest BCUT2D eigenvalue weighted by molar-refractivity contribution is 5.99. The number of nitriles is 1. The monoisotopic (exact) mass is 279 g/mol. The van der Waals surface area contributed by atoms with Crippen LogP contribution in [0.4, 0.5) is 0 Å². The molecule has 1 unspecified atom stereocenters. The van der Waals surface area contributed by atoms with Gasteiger partial charge in [0, 0.05) is 5.56 Å². The number of nitrogens with zero attached hydrogens (tertiary/aromatic N) is 1. The quantitative estimate of drug-likeness (QED) is 0.799. The Labute approximate surface area is 124 Å². The first kappa shape index (κ1) is 14.8. The van der Waals surface area contributed by atoms with Crippen LogP contribution in [0, 0.1) is 25.2 Å². The van der Waals surface area contributed by atoms with E-state index in [0.717, 1.165) is 11.1 Å². The van der Waals surface area contributed by atoms with Gasteiger partial charge in [0.05, 0.1) is 11.6 Å². The maximum Gasteiger partial charge on any atom is 0.203 e. The van der Waals surface area contributed by atoms with Crippen molar-refractivity contribution in [2.75, 3.05) is 0 Å². The van der Waals surface area contributed by atoms with Crippen LogP contribution in [0.5, 0.6) is 5.75 Å². The fraction of sp³-hybridized carbons (Fsp3) is 0.222. The van der Waals surface area contributed by atoms with Crippen LogP contribution in [-0.2, 0) is 0 Å². The lowest BCUT2D eigenvalue weighted by Gasteiger charge is -2.14. The summed E-state index contributed by atoms with van der Waals surface area (Å²) in [6.45, 7) is 5.73. The highest BCUT2D eigenvalue weighted by atomic mass is 16.5. The van der Waals surface area contributed by atoms with Gasteiger partial charge in [-0.3, -0.25) is 4.79 Å². The van der Waals surface area contributed by atoms with E-state index in [4.69, 9.17) is 10.00 Å². The lowest BCUT2D eigenvalue weighted by atomic mass is 10.0. The van der Waals surface area contributed by atoms with E-state index in [2.05, 4.69) is 0 Å². The van der Waals surface area contributed by atoms with Crippen molar-refractivity contribution in [3.63, 3.8) is 0 Å². The SMILES string of the molecule is Cc1ccc(C(=O)C(C)Oc2ccc(C#N)cc2)cc1C. The summed E-state index contributed by atoms with van der Waals surface area (Å²) in [5.41, 5.74) is 3.47. The number of hydrogen-bond acceptors (Lipinski definition) is 3. The summed E-state index contributed by atoms with van der Waals surface area (Å²) < 4.78 is 5.64. The lowest BCUT2D eigenvalue weighted by molar-refractivity contribution is 0.0818. The number of carbonyl (C=O) groups is 1. The second kappa shape index (κ2) is 6.23. The van der Waals surface area contributed by atoms with Crippen molar-refractivity contribution in [3.8, 4) is 11.8 Å². The first-order valence-electron chi connectivity index (χ1n) is 6.79. The first-order chi connectivity index (χ1) is 10.0. The summed E-state index contributed by atoms with van der Waals surface area (Å²) in [5.74, 6) is 0.529. The van der Waals surface area contributed by atoms with Crippen LogP contribution in [0.3, 0.4) is 0 Å². The number of hydrogen-bond donors (Lipinski definition) is 0. The van der Waals surface area contributed by atoms with Gasteiger partial charge in [-0.2, -0.15) is 5.26 Å². The Morgan fingerprint density at radius 2 is 1.76 bits per heavy atom. The van der Waals surface area contributed by atoms with E-state index in [0.29, 0.717) is 16.9 Å². The molecule has 0 aliphatic heterocycles. The van der Waals surface area contributed by atoms with Gasteiger partial charge < -0.3 is 4.74 Å². The summed E-state index contributed by atoms with van der Waals surface area (Å²) in [5, 5.41) is 8.75. The predicted octanol–water partition coefficient (Wildman–Crippen LogP) is 3.83. The molecule has 3 heteroatoms. The van der Waals surface area contributed by atoms with Crippen LogP contribution < -0.4 is 4.74 Å². The average molecular weight is 279 g/mol. The van der Waals surface area contributed by atoms with Gasteiger partial charge in [0.15, 0.2) is 6.10 Å². The molecule has 0 aromatic heterocycles. The van der Waals surface area contributed by atoms with Crippen molar-refractivity contribution in [2.24, 2.45) is 0 Å². The van der Waals surface area contributed by atoms with E-state index < -0.39 is 6.10 Å². The number of benzene rings is 2. The molecule has 0 radical (unpaired) electrons. The van der Waals surface area contributed by atoms with Crippen LogP contribution in [0.25, 0.3) is 0 Å². The molecule has 0 bridgehead atoms. The van der Waals surface area contributed by atoms with Gasteiger partial charge >= 0.3 is 0 Å². The second-order valence-corrected chi connectivity index (χ2v) is 5.06. The van der Waals surface area contributed by atoms with E-state index >= 15 is 0 Å². The predicted molar refractivity (Wildman–Crippen MR) is 81.5 cm³/mol. The summed E-state index contributed by atoms with van der Waals surface area (Å²) in [6.07, 6.45) is -0.569. The molecule has 0 N–H and O–H groups in total. The minimum absolute atomic E-state index is 0.0533. The Morgan fingerprint density at radius 3 is 2.33 bits per heavy atom. The van der Waals surface area contributed by atoms with Crippen molar-refractivity contribution >= 4 is 5.78 Å². The molecule has 106 valence electrons. The third kappa shape index (κ3) is 3.49. The molecular weight excluding hydrogens is 262 g/mol. The summed E-state index contributed by atoms with van der Waals surface area (Å²) in [7, 11) is 0. The molecule has 0 spiro atoms. The van der Waals surface area contributed by atoms with Gasteiger partial charge in [-0.1, -0.05) is 12.1 Å². The molecule has 0 saturated heterocycles. The van der Waals surface area contributed by atoms with Crippen LogP contribution >= 0.6 is 0 Å². The maximum atomic E-state index is 12.4. The standard InChI is InChI=1S/C18H17NO2/c1-12-4-7-16(10-13(12)2)18(20)14(3)21-17-8-5-15(11-19)6-9-17/h4-10,14H,1-3H3. The summed E-state index contributed by atoms with van der Waals surface area (Å²) in [4.78, 5) is 12.4. The van der Waals surface area contributed by atoms with Gasteiger partial charge in [0.1, 0.15) is 5.75 Å². The number of Topliss-reactive ketones (excluding diaryl/α,β-unsaturated/α-hetero) is 1. The largest absolute Gasteiger partial charge is 0.483 e. The summed E-state index contributed by atoms with van der Waals surface area (Å²) >= 11 is 0. The topological polar surface area (TPSA) is 50.1 Å². The number of ether oxygens (including phenoxy) is 1. The van der Waals surface area contributed by atoms with Gasteiger partial charge in [-0.25, -0.2) is 0 Å². The normalized spacial score (nSPS) is 11.5. The van der Waals surface area contributed by atoms with Crippen LogP contribution in [0.1, 0.15) is 34.0 Å². The minimum Gasteiger partial charge on any atom is -0.483 e. The molecule has 0 fully saturated rings. The van der Waals surface area contributed by atoms with Gasteiger partial charge in [0.2, 0.25) is 5.78 Å². The van der Waals surface area contributed by atoms with E-state index in [1.807, 2.05) is 38.1 Å². The smallest absolute Gasteiger partial charge is 0.203 e. The first-order valence-corrected chi connectivity index (χ1v) is 6.79. The molecular formula is C18H17NO2. The molecule has 0 aliphatic carbocycles. The van der Waals surface area contributed by atoms with Crippen molar-refractivity contribution in [1.29, 1.82) is 5.26 Å². The molecule has 1 atom stereocenters. The molecule has 0 saturated carbocycles. The van der Waals surface area contributed by atoms with E-state index in [9.17, 15) is 4.79 Å². The summed E-state index contributed by atoms with van der Waals surface area (Å²) in [6, 6.07) is 14.4. The van der Waals surface area contributed by atoms with E-state index in [1.54, 1.807) is 31.2 Å². The number of rotatable bonds is 4. The highest BCUT2D eigenvalue weighted by Crippen LogP contribution is 2.17. The zero-order valence-electron chi connectivity index (χ0n) is 12.4. The van der Waals surface area contributed by atoms with E-state index in [-0.39, 0.29) is 5.78 Å². The highest BCUT2D eigenvalue weighted by Gasteiger charge is 2.17. The van der Waals surface area contributed by atoms with Crippen LogP contribution in [0.15, 0.2) is 42.5 Å². The Kier molecular flexibility index (Phi) is 4.39. The van der Waals surface area contributed by atoms with Crippen molar-refractivity contribution < 1.29 is 9.53 Å². The minimum atomic E-state index is -0.569. The number of carbonyl (C=O) groups excluding carboxylic acids is 1. The van der Waals surface area contributed by atoms with Crippen molar-refractivity contribution in [3.05, 3.63) is 64.7 Å². The van der Waals surface area contributed by atoms with Crippen molar-refractivity contribution in [2.45, 2.75) is 26.9 Å². The molecule has 0 amide bonds. The second-order valence-electron chi connectivity index (χ2n) is 5.06. The number of ketones is 1. The molecule has 2 rings (SSSR count). The molecule has 2 aromatic carbocycles. The van der Waals surface area contributed by atoms with Gasteiger partial charge in [0.25, 0.3) is 0 Å². The molecule has 21 heavy (non-hydrogen) atoms. The van der Waals surface area contributed by atoms with Crippen LogP contribution in [0.2, 0.25) is 0 Å². The number of aryl methyl sites for hydroxylation is 2. The van der Waals surface area contributed by atoms with Gasteiger partial charge in [-0.05, 0) is 62.2 Å². The molecule has 3 nitrogen and oxygen atoms in total. The van der Waals surface area contributed by atoms with Crippen LogP contribution in [-0.4, -0.2) is 11.9 Å². The fourth-order valence-electron chi connectivity index (χ4n) is 2.00.